The van der Waals surface area contributed by atoms with Gasteiger partial charge in [-0.25, -0.2) is 0 Å². The Kier molecular flexibility index (Phi) is 50.4. The number of amides is 1. The summed E-state index contributed by atoms with van der Waals surface area (Å²) in [5, 5.41) is 13.8. The monoisotopic (exact) mass is 1010 g/mol. The maximum absolute atomic E-state index is 12.9. The molecule has 0 aliphatic carbocycles. The number of nitrogens with zero attached hydrogens (tertiary/aromatic N) is 1. The molecule has 9 heteroatoms. The van der Waals surface area contributed by atoms with E-state index in [1.54, 1.807) is 6.08 Å². The van der Waals surface area contributed by atoms with Crippen molar-refractivity contribution >= 4 is 13.7 Å². The van der Waals surface area contributed by atoms with Gasteiger partial charge in [0.1, 0.15) is 13.2 Å². The fraction of sp³-hybridized carbons (Fsp3) is 0.726. The molecule has 0 aliphatic heterocycles. The van der Waals surface area contributed by atoms with Crippen molar-refractivity contribution in [3.63, 3.8) is 0 Å². The average Bonchev–Trinajstić information content (AvgIpc) is 3.33. The normalized spacial score (nSPS) is 14.6. The van der Waals surface area contributed by atoms with Crippen LogP contribution >= 0.6 is 7.82 Å². The molecule has 0 spiro atoms. The first-order chi connectivity index (χ1) is 34.5. The Bertz CT molecular complexity index is 1470. The van der Waals surface area contributed by atoms with E-state index in [0.717, 1.165) is 83.5 Å². The lowest BCUT2D eigenvalue weighted by molar-refractivity contribution is -0.870. The molecule has 3 atom stereocenters. The zero-order valence-corrected chi connectivity index (χ0v) is 47.5. The van der Waals surface area contributed by atoms with Gasteiger partial charge in [-0.3, -0.25) is 9.36 Å². The Balaban J connectivity index is 3.97. The summed E-state index contributed by atoms with van der Waals surface area (Å²) in [4.78, 5) is 25.4. The first kappa shape index (κ1) is 68.4. The highest BCUT2D eigenvalue weighted by atomic mass is 31.2. The molecule has 0 saturated heterocycles. The number of carbonyl (C=O) groups is 1. The van der Waals surface area contributed by atoms with Crippen molar-refractivity contribution in [3.8, 4) is 0 Å². The maximum Gasteiger partial charge on any atom is 0.268 e. The number of carbonyl (C=O) groups excluding carboxylic acids is 1. The van der Waals surface area contributed by atoms with Gasteiger partial charge in [0.05, 0.1) is 39.9 Å². The molecule has 8 nitrogen and oxygen atoms in total. The zero-order chi connectivity index (χ0) is 52.0. The lowest BCUT2D eigenvalue weighted by Crippen LogP contribution is -2.45. The zero-order valence-electron chi connectivity index (χ0n) is 46.6. The van der Waals surface area contributed by atoms with Crippen LogP contribution in [0.4, 0.5) is 0 Å². The Morgan fingerprint density at radius 3 is 1.31 bits per heavy atom. The number of nitrogens with one attached hydrogen (secondary N) is 1. The number of aliphatic hydroxyl groups is 1. The smallest absolute Gasteiger partial charge is 0.268 e. The molecule has 0 rings (SSSR count). The standard InChI is InChI=1S/C62H111N2O6P/c1-6-8-10-12-14-16-18-20-21-22-23-24-25-26-27-28-29-30-31-32-33-34-35-36-37-38-39-40-41-42-43-44-46-48-50-52-54-56-62(66)63-60(59-70-71(67,68)69-58-57-64(3,4)5)61(65)55-53-51-49-47-45-19-17-15-13-11-9-7-2/h8,10,13-16,20-21,23-24,26-27,45,47,53,55,60-61,65H,6-7,9,11-12,17-19,22,25,28-44,46,48-52,54,56-59H2,1-5H3,(H-,63,66,67,68)/b10-8-,15-13+,16-14-,21-20-,24-23-,27-26-,47-45+,55-53+. The minimum Gasteiger partial charge on any atom is -0.756 e. The van der Waals surface area contributed by atoms with Crippen molar-refractivity contribution in [2.45, 2.75) is 251 Å². The van der Waals surface area contributed by atoms with Crippen LogP contribution in [0.1, 0.15) is 239 Å². The second-order valence-electron chi connectivity index (χ2n) is 20.6. The summed E-state index contributed by atoms with van der Waals surface area (Å²) in [6.07, 6.45) is 75.1. The number of aliphatic hydroxyl groups excluding tert-OH is 1. The number of hydrogen-bond acceptors (Lipinski definition) is 6. The third kappa shape index (κ3) is 55.0. The summed E-state index contributed by atoms with van der Waals surface area (Å²) in [7, 11) is 1.23. The number of rotatable bonds is 52. The summed E-state index contributed by atoms with van der Waals surface area (Å²) in [6, 6.07) is -0.911. The second-order valence-corrected chi connectivity index (χ2v) is 22.0. The first-order valence-corrected chi connectivity index (χ1v) is 30.6. The predicted molar refractivity (Wildman–Crippen MR) is 306 cm³/mol. The number of phosphoric ester groups is 1. The van der Waals surface area contributed by atoms with Gasteiger partial charge < -0.3 is 28.8 Å². The highest BCUT2D eigenvalue weighted by molar-refractivity contribution is 7.45. The van der Waals surface area contributed by atoms with Gasteiger partial charge in [0, 0.05) is 6.42 Å². The van der Waals surface area contributed by atoms with E-state index in [9.17, 15) is 19.4 Å². The Morgan fingerprint density at radius 1 is 0.507 bits per heavy atom. The number of likely N-dealkylation sites (N-methyl/N-ethyl adjacent to an activating group) is 1. The summed E-state index contributed by atoms with van der Waals surface area (Å²) in [5.74, 6) is -0.213. The minimum absolute atomic E-state index is 0.0112. The van der Waals surface area contributed by atoms with Crippen LogP contribution in [-0.4, -0.2) is 68.5 Å². The molecule has 0 aromatic rings. The molecule has 0 aromatic carbocycles. The van der Waals surface area contributed by atoms with Gasteiger partial charge in [0.25, 0.3) is 7.82 Å². The van der Waals surface area contributed by atoms with Gasteiger partial charge in [-0.2, -0.15) is 0 Å². The number of unbranched alkanes of at least 4 members (excludes halogenated alkanes) is 25. The molecular weight excluding hydrogens is 900 g/mol. The largest absolute Gasteiger partial charge is 0.756 e. The number of hydrogen-bond donors (Lipinski definition) is 2. The van der Waals surface area contributed by atoms with Crippen molar-refractivity contribution in [3.05, 3.63) is 97.2 Å². The molecular formula is C62H111N2O6P. The van der Waals surface area contributed by atoms with Crippen LogP contribution in [0.3, 0.4) is 0 Å². The number of quaternary nitrogens is 1. The molecule has 0 aromatic heterocycles. The highest BCUT2D eigenvalue weighted by Crippen LogP contribution is 2.38. The van der Waals surface area contributed by atoms with Crippen LogP contribution in [0.25, 0.3) is 0 Å². The average molecular weight is 1010 g/mol. The van der Waals surface area contributed by atoms with Crippen LogP contribution in [0.2, 0.25) is 0 Å². The van der Waals surface area contributed by atoms with E-state index < -0.39 is 26.6 Å². The Labute approximate surface area is 439 Å². The molecule has 2 N–H and O–H groups in total. The summed E-state index contributed by atoms with van der Waals surface area (Å²) < 4.78 is 23.2. The fourth-order valence-corrected chi connectivity index (χ4v) is 8.69. The highest BCUT2D eigenvalue weighted by Gasteiger charge is 2.23. The van der Waals surface area contributed by atoms with Gasteiger partial charge in [0.15, 0.2) is 0 Å². The second kappa shape index (κ2) is 52.3. The topological polar surface area (TPSA) is 108 Å². The third-order valence-corrected chi connectivity index (χ3v) is 13.5. The molecule has 0 saturated carbocycles. The molecule has 71 heavy (non-hydrogen) atoms. The summed E-state index contributed by atoms with van der Waals surface area (Å²) >= 11 is 0. The fourth-order valence-electron chi connectivity index (χ4n) is 7.96. The first-order valence-electron chi connectivity index (χ1n) is 29.1. The van der Waals surface area contributed by atoms with Crippen LogP contribution in [-0.2, 0) is 18.4 Å². The lowest BCUT2D eigenvalue weighted by Gasteiger charge is -2.29. The molecule has 410 valence electrons. The maximum atomic E-state index is 12.9. The molecule has 0 aliphatic rings. The summed E-state index contributed by atoms with van der Waals surface area (Å²) in [6.45, 7) is 4.45. The molecule has 3 unspecified atom stereocenters. The SMILES string of the molecule is CC/C=C\C/C=C\C/C=C\C/C=C\C/C=C\CCCCCCCCCCCCCCCCCCCCCCCC(=O)NC(COP(=O)([O-])OCC[N+](C)(C)C)C(O)/C=C/CC/C=C/CC/C=C/CCCC. The van der Waals surface area contributed by atoms with Crippen LogP contribution < -0.4 is 10.2 Å². The quantitative estimate of drug-likeness (QED) is 0.0272. The molecule has 0 fully saturated rings. The Hall–Kier alpha value is -2.58. The molecule has 1 amide bonds. The van der Waals surface area contributed by atoms with Crippen molar-refractivity contribution in [2.24, 2.45) is 0 Å². The Morgan fingerprint density at radius 2 is 0.873 bits per heavy atom. The van der Waals surface area contributed by atoms with E-state index in [1.807, 2.05) is 27.2 Å². The van der Waals surface area contributed by atoms with E-state index in [0.29, 0.717) is 17.4 Å². The van der Waals surface area contributed by atoms with E-state index >= 15 is 0 Å². The van der Waals surface area contributed by atoms with Gasteiger partial charge in [-0.15, -0.1) is 0 Å². The summed E-state index contributed by atoms with van der Waals surface area (Å²) in [5.41, 5.74) is 0. The van der Waals surface area contributed by atoms with Gasteiger partial charge in [-0.05, 0) is 83.5 Å². The van der Waals surface area contributed by atoms with Crippen LogP contribution in [0.15, 0.2) is 97.2 Å². The van der Waals surface area contributed by atoms with Crippen LogP contribution in [0.5, 0.6) is 0 Å². The van der Waals surface area contributed by atoms with Crippen molar-refractivity contribution in [2.75, 3.05) is 40.9 Å². The van der Waals surface area contributed by atoms with Crippen molar-refractivity contribution in [1.29, 1.82) is 0 Å². The number of phosphoric acid groups is 1. The van der Waals surface area contributed by atoms with Gasteiger partial charge in [-0.1, -0.05) is 246 Å². The molecule has 0 bridgehead atoms. The van der Waals surface area contributed by atoms with Gasteiger partial charge >= 0.3 is 0 Å². The minimum atomic E-state index is -4.61. The predicted octanol–water partition coefficient (Wildman–Crippen LogP) is 17.2. The third-order valence-electron chi connectivity index (χ3n) is 12.5. The van der Waals surface area contributed by atoms with Crippen molar-refractivity contribution < 1.29 is 32.9 Å². The van der Waals surface area contributed by atoms with E-state index in [-0.39, 0.29) is 12.5 Å². The van der Waals surface area contributed by atoms with E-state index in [4.69, 9.17) is 9.05 Å². The van der Waals surface area contributed by atoms with Crippen LogP contribution in [0, 0.1) is 0 Å². The molecule has 0 radical (unpaired) electrons. The number of allylic oxidation sites excluding steroid dienone is 15. The van der Waals surface area contributed by atoms with E-state index in [2.05, 4.69) is 104 Å². The molecule has 0 heterocycles. The lowest BCUT2D eigenvalue weighted by atomic mass is 10.0. The van der Waals surface area contributed by atoms with Crippen molar-refractivity contribution in [1.82, 2.24) is 5.32 Å². The van der Waals surface area contributed by atoms with Gasteiger partial charge in [0.2, 0.25) is 5.91 Å². The van der Waals surface area contributed by atoms with E-state index in [1.165, 1.54) is 135 Å².